The third-order valence-electron chi connectivity index (χ3n) is 4.16. The van der Waals surface area contributed by atoms with Crippen LogP contribution in [0.25, 0.3) is 0 Å². The van der Waals surface area contributed by atoms with Gasteiger partial charge >= 0.3 is 5.97 Å². The number of phenolic OH excluding ortho intramolecular Hbond substituents is 1. The summed E-state index contributed by atoms with van der Waals surface area (Å²) in [7, 11) is 0. The van der Waals surface area contributed by atoms with E-state index >= 15 is 0 Å². The largest absolute Gasteiger partial charge is 0.508 e. The molecule has 172 valence electrons. The van der Waals surface area contributed by atoms with Crippen molar-refractivity contribution in [3.05, 3.63) is 54.7 Å². The summed E-state index contributed by atoms with van der Waals surface area (Å²) in [4.78, 5) is 12.1. The van der Waals surface area contributed by atoms with Crippen LogP contribution in [0, 0.1) is 0 Å². The van der Waals surface area contributed by atoms with E-state index < -0.39 is 12.7 Å². The number of unbranched alkanes of at least 4 members (excludes halogenated alkanes) is 5. The number of ether oxygens (including phenoxy) is 2. The average Bonchev–Trinajstić information content (AvgIpc) is 2.74. The maximum absolute atomic E-state index is 12.1. The van der Waals surface area contributed by atoms with Crippen LogP contribution in [0.5, 0.6) is 17.2 Å². The number of rotatable bonds is 16. The monoisotopic (exact) mass is 432 g/mol. The summed E-state index contributed by atoms with van der Waals surface area (Å²) in [5.74, 6) is 0.347. The van der Waals surface area contributed by atoms with Gasteiger partial charge in [0.1, 0.15) is 17.2 Å². The second-order valence-corrected chi connectivity index (χ2v) is 7.49. The zero-order valence-corrected chi connectivity index (χ0v) is 19.1. The molecule has 1 aromatic carbocycles. The molecule has 0 amide bonds. The molecule has 0 fully saturated rings. The van der Waals surface area contributed by atoms with Gasteiger partial charge < -0.3 is 14.6 Å². The molecule has 4 nitrogen and oxygen atoms in total. The van der Waals surface area contributed by atoms with E-state index in [1.54, 1.807) is 18.2 Å². The van der Waals surface area contributed by atoms with Gasteiger partial charge in [-0.1, -0.05) is 62.6 Å². The van der Waals surface area contributed by atoms with E-state index in [0.29, 0.717) is 18.6 Å². The molecule has 1 aromatic rings. The first-order valence-electron chi connectivity index (χ1n) is 13.2. The first-order chi connectivity index (χ1) is 16.4. The second-order valence-electron chi connectivity index (χ2n) is 7.49. The van der Waals surface area contributed by atoms with E-state index in [1.807, 2.05) is 20.8 Å². The van der Waals surface area contributed by atoms with Crippen molar-refractivity contribution in [2.75, 3.05) is 0 Å². The highest BCUT2D eigenvalue weighted by Crippen LogP contribution is 2.28. The molecule has 1 rings (SSSR count). The van der Waals surface area contributed by atoms with Crippen molar-refractivity contribution in [1.82, 2.24) is 0 Å². The van der Waals surface area contributed by atoms with Crippen LogP contribution in [0.4, 0.5) is 0 Å². The lowest BCUT2D eigenvalue weighted by Crippen LogP contribution is -2.09. The highest BCUT2D eigenvalue weighted by Gasteiger charge is 2.09. The van der Waals surface area contributed by atoms with E-state index in [9.17, 15) is 9.90 Å². The average molecular weight is 433 g/mol. The summed E-state index contributed by atoms with van der Waals surface area (Å²) in [6.07, 6.45) is 11.8. The first-order valence-corrected chi connectivity index (χ1v) is 11.2. The van der Waals surface area contributed by atoms with E-state index in [1.165, 1.54) is 36.4 Å². The lowest BCUT2D eigenvalue weighted by Gasteiger charge is -2.12. The molecule has 0 aromatic heterocycles. The molecule has 1 N–H and O–H groups in total. The van der Waals surface area contributed by atoms with E-state index in [2.05, 4.69) is 0 Å². The Kier molecular flexibility index (Phi) is 11.3. The van der Waals surface area contributed by atoms with Crippen molar-refractivity contribution in [3.63, 3.8) is 0 Å². The predicted octanol–water partition coefficient (Wildman–Crippen LogP) is 7.67. The molecule has 0 spiro atoms. The second kappa shape index (κ2) is 17.2. The molecular weight excluding hydrogens is 388 g/mol. The van der Waals surface area contributed by atoms with Crippen LogP contribution >= 0.6 is 0 Å². The molecule has 0 atom stereocenters. The number of esters is 1. The quantitative estimate of drug-likeness (QED) is 0.126. The van der Waals surface area contributed by atoms with Gasteiger partial charge in [-0.3, -0.25) is 4.79 Å². The highest BCUT2D eigenvalue weighted by atomic mass is 16.5. The molecule has 0 aliphatic rings. The molecule has 0 aliphatic carbocycles. The molecule has 0 saturated heterocycles. The Morgan fingerprint density at radius 2 is 1.55 bits per heavy atom. The number of allylic oxidation sites excluding steroid dienone is 6. The van der Waals surface area contributed by atoms with Gasteiger partial charge in [-0.05, 0) is 52.3 Å². The number of hydrogen-bond donors (Lipinski definition) is 1. The first kappa shape index (κ1) is 20.4. The topological polar surface area (TPSA) is 55.8 Å². The number of benzene rings is 1. The lowest BCUT2D eigenvalue weighted by atomic mass is 10.1. The molecular formula is C27H40O4. The number of carbonyl (C=O) groups is 1. The molecule has 0 heterocycles. The minimum Gasteiger partial charge on any atom is -0.508 e. The standard InChI is InChI=1S/C27H40O4/c1-4-5-6-7-8-9-10-11-12-13-14-15-16-17-18-19-27(29)31-26-21-24(28)20-25(22-26)30-23(2)3/h5-6,8-9,11-12,20-23,28H,4,7,10,13-19H2,1-3H3/b6-5-,9-8-,12-11-/i7D2,10D2. The van der Waals surface area contributed by atoms with Crippen LogP contribution in [0.15, 0.2) is 54.7 Å². The SMILES string of the molecule is [2H]C([2H])(/C=C\CC)/C=C\C([2H])([2H])/C=C\CCCCCCCC(=O)Oc1cc(O)cc(OC(C)C)c1. The van der Waals surface area contributed by atoms with Gasteiger partial charge in [0, 0.05) is 30.1 Å². The van der Waals surface area contributed by atoms with Gasteiger partial charge in [-0.25, -0.2) is 0 Å². The Hall–Kier alpha value is -2.49. The smallest absolute Gasteiger partial charge is 0.311 e. The van der Waals surface area contributed by atoms with Crippen molar-refractivity contribution in [3.8, 4) is 17.2 Å². The van der Waals surface area contributed by atoms with Crippen LogP contribution < -0.4 is 9.47 Å². The highest BCUT2D eigenvalue weighted by molar-refractivity contribution is 5.72. The fraction of sp³-hybridized carbons (Fsp3) is 0.519. The summed E-state index contributed by atoms with van der Waals surface area (Å²) >= 11 is 0. The van der Waals surface area contributed by atoms with Crippen LogP contribution in [0.3, 0.4) is 0 Å². The molecule has 0 aliphatic heterocycles. The maximum Gasteiger partial charge on any atom is 0.311 e. The Morgan fingerprint density at radius 1 is 0.935 bits per heavy atom. The van der Waals surface area contributed by atoms with Gasteiger partial charge in [0.2, 0.25) is 0 Å². The third-order valence-corrected chi connectivity index (χ3v) is 4.16. The van der Waals surface area contributed by atoms with Gasteiger partial charge in [0.15, 0.2) is 0 Å². The molecule has 0 bridgehead atoms. The summed E-state index contributed by atoms with van der Waals surface area (Å²) in [5, 5.41) is 9.77. The zero-order chi connectivity index (χ0) is 26.3. The van der Waals surface area contributed by atoms with Crippen LogP contribution in [-0.4, -0.2) is 17.2 Å². The minimum atomic E-state index is -1.69. The molecule has 0 saturated carbocycles. The van der Waals surface area contributed by atoms with Crippen molar-refractivity contribution in [2.24, 2.45) is 0 Å². The predicted molar refractivity (Wildman–Crippen MR) is 129 cm³/mol. The number of phenols is 1. The van der Waals surface area contributed by atoms with E-state index in [0.717, 1.165) is 38.5 Å². The summed E-state index contributed by atoms with van der Waals surface area (Å²) in [6, 6.07) is 4.45. The minimum absolute atomic E-state index is 0.0193. The number of hydrogen-bond acceptors (Lipinski definition) is 4. The van der Waals surface area contributed by atoms with Crippen molar-refractivity contribution < 1.29 is 24.9 Å². The summed E-state index contributed by atoms with van der Waals surface area (Å²) in [5.41, 5.74) is 0. The Labute approximate surface area is 194 Å². The summed E-state index contributed by atoms with van der Waals surface area (Å²) < 4.78 is 42.4. The van der Waals surface area contributed by atoms with Crippen molar-refractivity contribution in [1.29, 1.82) is 0 Å². The van der Waals surface area contributed by atoms with Crippen LogP contribution in [0.2, 0.25) is 0 Å². The normalized spacial score (nSPS) is 14.7. The van der Waals surface area contributed by atoms with Gasteiger partial charge in [0.25, 0.3) is 0 Å². The molecule has 0 unspecified atom stereocenters. The number of aromatic hydroxyl groups is 1. The fourth-order valence-corrected chi connectivity index (χ4v) is 2.74. The van der Waals surface area contributed by atoms with Gasteiger partial charge in [0.05, 0.1) is 6.10 Å². The molecule has 0 radical (unpaired) electrons. The van der Waals surface area contributed by atoms with Crippen LogP contribution in [-0.2, 0) is 4.79 Å². The Bertz CT molecular complexity index is 861. The lowest BCUT2D eigenvalue weighted by molar-refractivity contribution is -0.134. The third kappa shape index (κ3) is 15.0. The van der Waals surface area contributed by atoms with E-state index in [4.69, 9.17) is 15.0 Å². The summed E-state index contributed by atoms with van der Waals surface area (Å²) in [6.45, 7) is 5.67. The van der Waals surface area contributed by atoms with Crippen molar-refractivity contribution >= 4 is 5.97 Å². The van der Waals surface area contributed by atoms with Crippen molar-refractivity contribution in [2.45, 2.75) is 91.0 Å². The molecule has 31 heavy (non-hydrogen) atoms. The Balaban J connectivity index is 2.25. The van der Waals surface area contributed by atoms with Gasteiger partial charge in [-0.15, -0.1) is 0 Å². The Morgan fingerprint density at radius 3 is 2.26 bits per heavy atom. The zero-order valence-electron chi connectivity index (χ0n) is 23.1. The fourth-order valence-electron chi connectivity index (χ4n) is 2.74. The molecule has 4 heteroatoms. The van der Waals surface area contributed by atoms with Gasteiger partial charge in [-0.2, -0.15) is 0 Å². The maximum atomic E-state index is 12.1. The van der Waals surface area contributed by atoms with Crippen LogP contribution in [0.1, 0.15) is 90.4 Å². The van der Waals surface area contributed by atoms with E-state index in [-0.39, 0.29) is 23.6 Å². The number of carbonyl (C=O) groups excluding carboxylic acids is 1.